The molecular weight excluding hydrogens is 248 g/mol. The first-order valence-electron chi connectivity index (χ1n) is 7.90. The molecule has 0 aliphatic heterocycles. The minimum absolute atomic E-state index is 0.188. The van der Waals surface area contributed by atoms with Gasteiger partial charge in [-0.2, -0.15) is 0 Å². The molecule has 2 aliphatic rings. The van der Waals surface area contributed by atoms with Crippen molar-refractivity contribution in [1.29, 1.82) is 0 Å². The number of carbonyl (C=O) groups excluding carboxylic acids is 1. The smallest absolute Gasteiger partial charge is 0.220 e. The van der Waals surface area contributed by atoms with Gasteiger partial charge in [-0.3, -0.25) is 4.79 Å². The van der Waals surface area contributed by atoms with E-state index in [1.165, 1.54) is 30.4 Å². The summed E-state index contributed by atoms with van der Waals surface area (Å²) in [5.41, 5.74) is 9.24. The highest BCUT2D eigenvalue weighted by molar-refractivity contribution is 5.76. The van der Waals surface area contributed by atoms with Crippen molar-refractivity contribution in [3.8, 4) is 0 Å². The summed E-state index contributed by atoms with van der Waals surface area (Å²) in [5, 5.41) is 3.22. The highest BCUT2D eigenvalue weighted by atomic mass is 16.1. The van der Waals surface area contributed by atoms with Crippen LogP contribution in [0.25, 0.3) is 0 Å². The zero-order valence-corrected chi connectivity index (χ0v) is 12.0. The molecule has 3 rings (SSSR count). The van der Waals surface area contributed by atoms with E-state index < -0.39 is 0 Å². The van der Waals surface area contributed by atoms with Crippen LogP contribution in [-0.4, -0.2) is 5.91 Å². The number of fused-ring (bicyclic) bond motifs is 1. The number of hydrogen-bond donors (Lipinski definition) is 2. The van der Waals surface area contributed by atoms with Crippen LogP contribution >= 0.6 is 0 Å². The number of aryl methyl sites for hydroxylation is 1. The largest absolute Gasteiger partial charge is 0.399 e. The number of carbonyl (C=O) groups is 1. The summed E-state index contributed by atoms with van der Waals surface area (Å²) in [5.74, 6) is 1.02. The summed E-state index contributed by atoms with van der Waals surface area (Å²) in [7, 11) is 0. The van der Waals surface area contributed by atoms with Gasteiger partial charge in [0.25, 0.3) is 0 Å². The van der Waals surface area contributed by atoms with Crippen molar-refractivity contribution < 1.29 is 4.79 Å². The number of rotatable bonds is 4. The topological polar surface area (TPSA) is 55.1 Å². The number of amides is 1. The minimum Gasteiger partial charge on any atom is -0.399 e. The highest BCUT2D eigenvalue weighted by Crippen LogP contribution is 2.32. The average molecular weight is 272 g/mol. The van der Waals surface area contributed by atoms with Crippen LogP contribution in [-0.2, 0) is 11.2 Å². The molecule has 108 valence electrons. The van der Waals surface area contributed by atoms with E-state index in [0.717, 1.165) is 37.3 Å². The molecule has 1 saturated carbocycles. The van der Waals surface area contributed by atoms with Gasteiger partial charge in [0.2, 0.25) is 5.91 Å². The maximum Gasteiger partial charge on any atom is 0.220 e. The summed E-state index contributed by atoms with van der Waals surface area (Å²) in [6.45, 7) is 0. The second-order valence-corrected chi connectivity index (χ2v) is 6.31. The van der Waals surface area contributed by atoms with Gasteiger partial charge in [-0.25, -0.2) is 0 Å². The molecular formula is C17H24N2O. The Morgan fingerprint density at radius 2 is 2.10 bits per heavy atom. The molecule has 2 aliphatic carbocycles. The van der Waals surface area contributed by atoms with E-state index in [1.807, 2.05) is 6.07 Å². The second-order valence-electron chi connectivity index (χ2n) is 6.31. The predicted molar refractivity (Wildman–Crippen MR) is 81.3 cm³/mol. The van der Waals surface area contributed by atoms with Crippen LogP contribution in [0.1, 0.15) is 62.1 Å². The first-order valence-corrected chi connectivity index (χ1v) is 7.90. The lowest BCUT2D eigenvalue weighted by atomic mass is 9.82. The molecule has 0 aromatic heterocycles. The molecule has 1 unspecified atom stereocenters. The van der Waals surface area contributed by atoms with Gasteiger partial charge in [-0.05, 0) is 54.9 Å². The Kier molecular flexibility index (Phi) is 3.95. The van der Waals surface area contributed by atoms with Crippen LogP contribution in [0.15, 0.2) is 18.2 Å². The molecule has 0 heterocycles. The third-order valence-electron chi connectivity index (χ3n) is 4.82. The Labute approximate surface area is 120 Å². The van der Waals surface area contributed by atoms with Gasteiger partial charge < -0.3 is 11.1 Å². The fourth-order valence-corrected chi connectivity index (χ4v) is 3.37. The van der Waals surface area contributed by atoms with E-state index in [4.69, 9.17) is 5.73 Å². The maximum absolute atomic E-state index is 12.1. The zero-order chi connectivity index (χ0) is 13.9. The number of anilines is 1. The Morgan fingerprint density at radius 3 is 2.85 bits per heavy atom. The molecule has 3 nitrogen and oxygen atoms in total. The molecule has 0 saturated heterocycles. The lowest BCUT2D eigenvalue weighted by Crippen LogP contribution is -2.31. The molecule has 1 fully saturated rings. The van der Waals surface area contributed by atoms with Crippen molar-refractivity contribution in [2.24, 2.45) is 5.92 Å². The van der Waals surface area contributed by atoms with Crippen LogP contribution in [0.3, 0.4) is 0 Å². The molecule has 20 heavy (non-hydrogen) atoms. The van der Waals surface area contributed by atoms with E-state index in [1.54, 1.807) is 0 Å². The van der Waals surface area contributed by atoms with E-state index in [2.05, 4.69) is 17.4 Å². The van der Waals surface area contributed by atoms with E-state index in [0.29, 0.717) is 6.42 Å². The van der Waals surface area contributed by atoms with Gasteiger partial charge in [0, 0.05) is 12.1 Å². The number of hydrogen-bond acceptors (Lipinski definition) is 2. The van der Waals surface area contributed by atoms with E-state index in [-0.39, 0.29) is 11.9 Å². The molecule has 1 atom stereocenters. The number of nitrogens with one attached hydrogen (secondary N) is 1. The molecule has 0 radical (unpaired) electrons. The van der Waals surface area contributed by atoms with E-state index in [9.17, 15) is 4.79 Å². The fraction of sp³-hybridized carbons (Fsp3) is 0.588. The Balaban J connectivity index is 1.59. The van der Waals surface area contributed by atoms with Crippen molar-refractivity contribution in [3.05, 3.63) is 29.3 Å². The fourth-order valence-electron chi connectivity index (χ4n) is 3.37. The zero-order valence-electron chi connectivity index (χ0n) is 12.0. The SMILES string of the molecule is Nc1ccc2c(c1)CCCC2NC(=O)CCC1CCC1. The number of nitrogens with two attached hydrogens (primary N) is 1. The maximum atomic E-state index is 12.1. The normalized spacial score (nSPS) is 21.9. The van der Waals surface area contributed by atoms with Gasteiger partial charge in [-0.1, -0.05) is 25.3 Å². The number of nitrogen functional groups attached to an aromatic ring is 1. The van der Waals surface area contributed by atoms with Crippen LogP contribution in [0.4, 0.5) is 5.69 Å². The third kappa shape index (κ3) is 2.97. The molecule has 3 heteroatoms. The Hall–Kier alpha value is -1.51. The van der Waals surface area contributed by atoms with Crippen LogP contribution in [0, 0.1) is 5.92 Å². The van der Waals surface area contributed by atoms with Crippen LogP contribution in [0.2, 0.25) is 0 Å². The van der Waals surface area contributed by atoms with Gasteiger partial charge in [0.15, 0.2) is 0 Å². The summed E-state index contributed by atoms with van der Waals surface area (Å²) >= 11 is 0. The summed E-state index contributed by atoms with van der Waals surface area (Å²) in [6, 6.07) is 6.27. The first-order chi connectivity index (χ1) is 9.72. The van der Waals surface area contributed by atoms with Gasteiger partial charge >= 0.3 is 0 Å². The lowest BCUT2D eigenvalue weighted by molar-refractivity contribution is -0.122. The highest BCUT2D eigenvalue weighted by Gasteiger charge is 2.23. The van der Waals surface area contributed by atoms with Crippen molar-refractivity contribution in [3.63, 3.8) is 0 Å². The molecule has 1 aromatic rings. The number of benzene rings is 1. The van der Waals surface area contributed by atoms with Gasteiger partial charge in [0.1, 0.15) is 0 Å². The molecule has 1 amide bonds. The third-order valence-corrected chi connectivity index (χ3v) is 4.82. The van der Waals surface area contributed by atoms with E-state index >= 15 is 0 Å². The standard InChI is InChI=1S/C17H24N2O/c18-14-8-9-15-13(11-14)5-2-6-16(15)19-17(20)10-7-12-3-1-4-12/h8-9,11-12,16H,1-7,10,18H2,(H,19,20). The molecule has 1 aromatic carbocycles. The van der Waals surface area contributed by atoms with Gasteiger partial charge in [-0.15, -0.1) is 0 Å². The molecule has 3 N–H and O–H groups in total. The van der Waals surface area contributed by atoms with Crippen molar-refractivity contribution in [1.82, 2.24) is 5.32 Å². The lowest BCUT2D eigenvalue weighted by Gasteiger charge is -2.28. The van der Waals surface area contributed by atoms with Crippen molar-refractivity contribution in [2.75, 3.05) is 5.73 Å². The summed E-state index contributed by atoms with van der Waals surface area (Å²) in [6.07, 6.45) is 8.99. The Morgan fingerprint density at radius 1 is 1.25 bits per heavy atom. The quantitative estimate of drug-likeness (QED) is 0.826. The van der Waals surface area contributed by atoms with Crippen molar-refractivity contribution in [2.45, 2.75) is 57.4 Å². The average Bonchev–Trinajstić information content (AvgIpc) is 2.36. The molecule has 0 bridgehead atoms. The minimum atomic E-state index is 0.188. The predicted octanol–water partition coefficient (Wildman–Crippen LogP) is 3.34. The van der Waals surface area contributed by atoms with Crippen molar-refractivity contribution >= 4 is 11.6 Å². The first kappa shape index (κ1) is 13.5. The monoisotopic (exact) mass is 272 g/mol. The summed E-state index contributed by atoms with van der Waals surface area (Å²) in [4.78, 5) is 12.1. The van der Waals surface area contributed by atoms with Gasteiger partial charge in [0.05, 0.1) is 6.04 Å². The summed E-state index contributed by atoms with van der Waals surface area (Å²) < 4.78 is 0. The van der Waals surface area contributed by atoms with Crippen LogP contribution in [0.5, 0.6) is 0 Å². The molecule has 0 spiro atoms. The Bertz CT molecular complexity index is 494. The van der Waals surface area contributed by atoms with Crippen LogP contribution < -0.4 is 11.1 Å². The second kappa shape index (κ2) is 5.86.